The summed E-state index contributed by atoms with van der Waals surface area (Å²) in [6, 6.07) is 12.7. The van der Waals surface area contributed by atoms with Crippen molar-refractivity contribution in [2.75, 3.05) is 27.5 Å². The molecule has 31 heavy (non-hydrogen) atoms. The quantitative estimate of drug-likeness (QED) is 0.513. The highest BCUT2D eigenvalue weighted by Gasteiger charge is 2.35. The second-order valence-electron chi connectivity index (χ2n) is 7.76. The Bertz CT molecular complexity index is 1140. The van der Waals surface area contributed by atoms with E-state index in [1.54, 1.807) is 25.3 Å². The number of hydrogen-bond acceptors (Lipinski definition) is 6. The fourth-order valence-electron chi connectivity index (χ4n) is 4.32. The molecule has 6 nitrogen and oxygen atoms in total. The van der Waals surface area contributed by atoms with Gasteiger partial charge in [-0.25, -0.2) is 0 Å². The number of likely N-dealkylation sites (N-methyl/N-ethyl adjacent to an activating group) is 1. The van der Waals surface area contributed by atoms with Gasteiger partial charge in [0, 0.05) is 35.2 Å². The van der Waals surface area contributed by atoms with Gasteiger partial charge in [-0.1, -0.05) is 11.6 Å². The first kappa shape index (κ1) is 20.0. The Labute approximate surface area is 185 Å². The van der Waals surface area contributed by atoms with E-state index in [9.17, 15) is 4.79 Å². The van der Waals surface area contributed by atoms with Crippen LogP contribution in [0.5, 0.6) is 17.2 Å². The summed E-state index contributed by atoms with van der Waals surface area (Å²) >= 11 is 5.96. The lowest BCUT2D eigenvalue weighted by molar-refractivity contribution is 0.0899. The van der Waals surface area contributed by atoms with E-state index < -0.39 is 0 Å². The first-order valence-corrected chi connectivity index (χ1v) is 10.5. The van der Waals surface area contributed by atoms with Crippen LogP contribution in [0.15, 0.2) is 46.9 Å². The summed E-state index contributed by atoms with van der Waals surface area (Å²) in [5.41, 5.74) is 2.98. The Kier molecular flexibility index (Phi) is 5.12. The van der Waals surface area contributed by atoms with Crippen LogP contribution >= 0.6 is 11.6 Å². The molecule has 0 N–H and O–H groups in total. The molecule has 0 radical (unpaired) electrons. The number of hydrogen-bond donors (Lipinski definition) is 0. The topological polar surface area (TPSA) is 61.1 Å². The van der Waals surface area contributed by atoms with Crippen molar-refractivity contribution in [3.8, 4) is 28.6 Å². The van der Waals surface area contributed by atoms with Gasteiger partial charge in [0.05, 0.1) is 7.11 Å². The van der Waals surface area contributed by atoms with Crippen LogP contribution in [0.1, 0.15) is 34.1 Å². The average Bonchev–Trinajstić information content (AvgIpc) is 3.44. The van der Waals surface area contributed by atoms with Crippen LogP contribution in [0.2, 0.25) is 5.02 Å². The molecule has 0 aliphatic carbocycles. The molecule has 0 amide bonds. The third-order valence-electron chi connectivity index (χ3n) is 5.94. The maximum atomic E-state index is 13.2. The predicted molar refractivity (Wildman–Crippen MR) is 116 cm³/mol. The van der Waals surface area contributed by atoms with Crippen molar-refractivity contribution in [3.05, 3.63) is 64.4 Å². The van der Waals surface area contributed by atoms with E-state index >= 15 is 0 Å². The van der Waals surface area contributed by atoms with Crippen molar-refractivity contribution in [1.29, 1.82) is 0 Å². The first-order valence-electron chi connectivity index (χ1n) is 10.1. The Balaban J connectivity index is 1.44. The Hall–Kier alpha value is -2.96. The van der Waals surface area contributed by atoms with Crippen molar-refractivity contribution < 1.29 is 23.4 Å². The number of Topliss-reactive ketones (excluding diaryl/α,β-unsaturated/α-hetero) is 1. The molecule has 7 heteroatoms. The van der Waals surface area contributed by atoms with Crippen LogP contribution in [-0.2, 0) is 6.42 Å². The molecule has 1 atom stereocenters. The molecule has 160 valence electrons. The summed E-state index contributed by atoms with van der Waals surface area (Å²) in [5.74, 6) is 2.87. The number of carbonyl (C=O) groups excluding carboxylic acids is 1. The largest absolute Gasteiger partial charge is 0.492 e. The monoisotopic (exact) mass is 439 g/mol. The van der Waals surface area contributed by atoms with Gasteiger partial charge in [-0.3, -0.25) is 9.69 Å². The standard InChI is InChI=1S/C24H22ClNO5/c1-26-10-9-15-11-21-23(30-13-29-21)24(28-2)22(15)17(26)12-18(27)20-8-7-19(31-20)14-3-5-16(25)6-4-14/h3-8,11,17H,9-10,12-13H2,1-2H3. The maximum Gasteiger partial charge on any atom is 0.231 e. The zero-order chi connectivity index (χ0) is 21.5. The van der Waals surface area contributed by atoms with Gasteiger partial charge in [-0.15, -0.1) is 0 Å². The minimum Gasteiger partial charge on any atom is -0.492 e. The van der Waals surface area contributed by atoms with E-state index in [-0.39, 0.29) is 25.0 Å². The van der Waals surface area contributed by atoms with Crippen molar-refractivity contribution in [2.45, 2.75) is 18.9 Å². The van der Waals surface area contributed by atoms with Crippen molar-refractivity contribution in [2.24, 2.45) is 0 Å². The zero-order valence-electron chi connectivity index (χ0n) is 17.3. The first-order chi connectivity index (χ1) is 15.0. The molecule has 1 unspecified atom stereocenters. The summed E-state index contributed by atoms with van der Waals surface area (Å²) in [6.07, 6.45) is 1.12. The van der Waals surface area contributed by atoms with E-state index in [2.05, 4.69) is 4.90 Å². The molecule has 3 aromatic rings. The number of furan rings is 1. The van der Waals surface area contributed by atoms with Gasteiger partial charge in [0.2, 0.25) is 12.5 Å². The van der Waals surface area contributed by atoms with Gasteiger partial charge in [0.25, 0.3) is 0 Å². The van der Waals surface area contributed by atoms with Crippen LogP contribution in [0.4, 0.5) is 0 Å². The Morgan fingerprint density at radius 2 is 2.00 bits per heavy atom. The van der Waals surface area contributed by atoms with Gasteiger partial charge < -0.3 is 18.6 Å². The molecule has 5 rings (SSSR count). The molecule has 1 aromatic heterocycles. The number of rotatable bonds is 5. The third-order valence-corrected chi connectivity index (χ3v) is 6.19. The highest BCUT2D eigenvalue weighted by atomic mass is 35.5. The summed E-state index contributed by atoms with van der Waals surface area (Å²) in [7, 11) is 3.64. The van der Waals surface area contributed by atoms with E-state index in [1.165, 1.54) is 0 Å². The minimum atomic E-state index is -0.148. The normalized spacial score (nSPS) is 17.5. The number of ether oxygens (including phenoxy) is 3. The molecule has 0 spiro atoms. The molecule has 3 heterocycles. The second-order valence-corrected chi connectivity index (χ2v) is 8.20. The lowest BCUT2D eigenvalue weighted by atomic mass is 9.88. The predicted octanol–water partition coefficient (Wildman–Crippen LogP) is 5.14. The summed E-state index contributed by atoms with van der Waals surface area (Å²) in [6.45, 7) is 1.01. The van der Waals surface area contributed by atoms with Crippen molar-refractivity contribution >= 4 is 17.4 Å². The molecule has 0 saturated carbocycles. The summed E-state index contributed by atoms with van der Waals surface area (Å²) < 4.78 is 22.8. The zero-order valence-corrected chi connectivity index (χ0v) is 18.1. The lowest BCUT2D eigenvalue weighted by Crippen LogP contribution is -2.34. The van der Waals surface area contributed by atoms with Crippen molar-refractivity contribution in [1.82, 2.24) is 4.90 Å². The fourth-order valence-corrected chi connectivity index (χ4v) is 4.44. The molecule has 2 aliphatic heterocycles. The molecule has 0 fully saturated rings. The maximum absolute atomic E-state index is 13.2. The number of fused-ring (bicyclic) bond motifs is 2. The number of nitrogens with zero attached hydrogens (tertiary/aromatic N) is 1. The molecular formula is C24H22ClNO5. The van der Waals surface area contributed by atoms with Gasteiger partial charge in [0.15, 0.2) is 23.0 Å². The van der Waals surface area contributed by atoms with Crippen LogP contribution in [0, 0.1) is 0 Å². The van der Waals surface area contributed by atoms with Gasteiger partial charge in [0.1, 0.15) is 5.76 Å². The highest BCUT2D eigenvalue weighted by Crippen LogP contribution is 2.50. The number of halogens is 1. The number of carbonyl (C=O) groups is 1. The van der Waals surface area contributed by atoms with Gasteiger partial charge in [-0.05, 0) is 61.5 Å². The van der Waals surface area contributed by atoms with Gasteiger partial charge >= 0.3 is 0 Å². The smallest absolute Gasteiger partial charge is 0.231 e. The molecule has 0 bridgehead atoms. The van der Waals surface area contributed by atoms with E-state index in [4.69, 9.17) is 30.2 Å². The number of ketones is 1. The SMILES string of the molecule is COc1c2c(cc3c1C(CC(=O)c1ccc(-c4ccc(Cl)cc4)o1)N(C)CC3)OCO2. The van der Waals surface area contributed by atoms with E-state index in [1.807, 2.05) is 31.3 Å². The van der Waals surface area contributed by atoms with E-state index in [0.717, 1.165) is 29.7 Å². The average molecular weight is 440 g/mol. The second kappa shape index (κ2) is 7.94. The third kappa shape index (κ3) is 3.56. The molecule has 2 aliphatic rings. The molecule has 2 aromatic carbocycles. The van der Waals surface area contributed by atoms with Crippen LogP contribution in [0.25, 0.3) is 11.3 Å². The fraction of sp³-hybridized carbons (Fsp3) is 0.292. The highest BCUT2D eigenvalue weighted by molar-refractivity contribution is 6.30. The van der Waals surface area contributed by atoms with E-state index in [0.29, 0.717) is 33.8 Å². The van der Waals surface area contributed by atoms with Crippen LogP contribution in [-0.4, -0.2) is 38.2 Å². The number of benzene rings is 2. The number of methoxy groups -OCH3 is 1. The minimum absolute atomic E-state index is 0.0652. The molecular weight excluding hydrogens is 418 g/mol. The lowest BCUT2D eigenvalue weighted by Gasteiger charge is -2.35. The molecule has 0 saturated heterocycles. The van der Waals surface area contributed by atoms with Gasteiger partial charge in [-0.2, -0.15) is 0 Å². The van der Waals surface area contributed by atoms with Crippen molar-refractivity contribution in [3.63, 3.8) is 0 Å². The Morgan fingerprint density at radius 1 is 1.19 bits per heavy atom. The van der Waals surface area contributed by atoms with Crippen LogP contribution < -0.4 is 14.2 Å². The summed E-state index contributed by atoms with van der Waals surface area (Å²) in [5, 5.41) is 0.653. The van der Waals surface area contributed by atoms with Crippen LogP contribution in [0.3, 0.4) is 0 Å². The Morgan fingerprint density at radius 3 is 2.77 bits per heavy atom. The summed E-state index contributed by atoms with van der Waals surface area (Å²) in [4.78, 5) is 15.3.